The summed E-state index contributed by atoms with van der Waals surface area (Å²) in [5.74, 6) is 1.01. The van der Waals surface area contributed by atoms with Crippen molar-refractivity contribution in [2.75, 3.05) is 26.7 Å². The molecule has 0 aliphatic carbocycles. The standard InChI is InChI=1S/C17H31N3O/c1-3-20-8-6-16(7-9-20)19(2)17(21)12-13-10-14-4-5-15(11-13)18-14/h13-16,18H,3-12H2,1-2H3. The van der Waals surface area contributed by atoms with Crippen LogP contribution in [0.2, 0.25) is 0 Å². The summed E-state index contributed by atoms with van der Waals surface area (Å²) in [6.45, 7) is 5.66. The van der Waals surface area contributed by atoms with Gasteiger partial charge in [-0.2, -0.15) is 0 Å². The van der Waals surface area contributed by atoms with Crippen molar-refractivity contribution in [1.82, 2.24) is 15.1 Å². The molecule has 3 rings (SSSR count). The van der Waals surface area contributed by atoms with Gasteiger partial charge in [-0.25, -0.2) is 0 Å². The van der Waals surface area contributed by atoms with Crippen LogP contribution >= 0.6 is 0 Å². The molecule has 2 unspecified atom stereocenters. The highest BCUT2D eigenvalue weighted by Gasteiger charge is 2.35. The minimum absolute atomic E-state index is 0.385. The predicted molar refractivity (Wildman–Crippen MR) is 85.2 cm³/mol. The van der Waals surface area contributed by atoms with E-state index in [0.717, 1.165) is 38.9 Å². The largest absolute Gasteiger partial charge is 0.343 e. The predicted octanol–water partition coefficient (Wildman–Crippen LogP) is 1.85. The van der Waals surface area contributed by atoms with Crippen LogP contribution in [-0.2, 0) is 4.79 Å². The molecule has 0 aromatic heterocycles. The van der Waals surface area contributed by atoms with Crippen LogP contribution in [0.15, 0.2) is 0 Å². The lowest BCUT2D eigenvalue weighted by Crippen LogP contribution is -2.46. The maximum absolute atomic E-state index is 12.6. The third-order valence-electron chi connectivity index (χ3n) is 5.98. The lowest BCUT2D eigenvalue weighted by Gasteiger charge is -2.37. The second-order valence-corrected chi connectivity index (χ2v) is 7.35. The molecule has 0 spiro atoms. The summed E-state index contributed by atoms with van der Waals surface area (Å²) in [4.78, 5) is 17.1. The van der Waals surface area contributed by atoms with Gasteiger partial charge in [0.15, 0.2) is 0 Å². The minimum Gasteiger partial charge on any atom is -0.343 e. The summed E-state index contributed by atoms with van der Waals surface area (Å²) in [5, 5.41) is 3.67. The highest BCUT2D eigenvalue weighted by molar-refractivity contribution is 5.76. The van der Waals surface area contributed by atoms with Crippen molar-refractivity contribution in [1.29, 1.82) is 0 Å². The Labute approximate surface area is 129 Å². The summed E-state index contributed by atoms with van der Waals surface area (Å²) in [5.41, 5.74) is 0. The molecular weight excluding hydrogens is 262 g/mol. The molecule has 0 aromatic carbocycles. The van der Waals surface area contributed by atoms with E-state index in [2.05, 4.69) is 22.0 Å². The maximum Gasteiger partial charge on any atom is 0.222 e. The minimum atomic E-state index is 0.385. The first-order valence-electron chi connectivity index (χ1n) is 8.89. The number of nitrogens with zero attached hydrogens (tertiary/aromatic N) is 2. The zero-order valence-corrected chi connectivity index (χ0v) is 13.7. The molecule has 21 heavy (non-hydrogen) atoms. The van der Waals surface area contributed by atoms with Crippen molar-refractivity contribution < 1.29 is 4.79 Å². The number of piperidine rings is 2. The number of likely N-dealkylation sites (tertiary alicyclic amines) is 1. The fourth-order valence-electron chi connectivity index (χ4n) is 4.56. The summed E-state index contributed by atoms with van der Waals surface area (Å²) < 4.78 is 0. The quantitative estimate of drug-likeness (QED) is 0.859. The summed E-state index contributed by atoms with van der Waals surface area (Å²) in [7, 11) is 2.03. The van der Waals surface area contributed by atoms with E-state index in [9.17, 15) is 4.79 Å². The summed E-state index contributed by atoms with van der Waals surface area (Å²) in [6, 6.07) is 1.86. The van der Waals surface area contributed by atoms with E-state index < -0.39 is 0 Å². The van der Waals surface area contributed by atoms with Gasteiger partial charge in [0.2, 0.25) is 5.91 Å². The van der Waals surface area contributed by atoms with Gasteiger partial charge in [-0.05, 0) is 51.0 Å². The van der Waals surface area contributed by atoms with E-state index in [1.165, 1.54) is 25.7 Å². The van der Waals surface area contributed by atoms with Gasteiger partial charge >= 0.3 is 0 Å². The number of hydrogen-bond acceptors (Lipinski definition) is 3. The molecule has 0 saturated carbocycles. The molecule has 1 amide bonds. The van der Waals surface area contributed by atoms with Crippen LogP contribution in [0.5, 0.6) is 0 Å². The zero-order valence-electron chi connectivity index (χ0n) is 13.7. The lowest BCUT2D eigenvalue weighted by atomic mass is 9.89. The van der Waals surface area contributed by atoms with E-state index in [0.29, 0.717) is 30.0 Å². The molecule has 120 valence electrons. The molecule has 3 aliphatic rings. The molecule has 2 bridgehead atoms. The molecule has 1 N–H and O–H groups in total. The second-order valence-electron chi connectivity index (χ2n) is 7.35. The van der Waals surface area contributed by atoms with Crippen molar-refractivity contribution in [3.63, 3.8) is 0 Å². The number of rotatable bonds is 4. The molecule has 4 nitrogen and oxygen atoms in total. The van der Waals surface area contributed by atoms with Gasteiger partial charge < -0.3 is 15.1 Å². The SMILES string of the molecule is CCN1CCC(N(C)C(=O)CC2CC3CCC(C2)N3)CC1. The molecular formula is C17H31N3O. The van der Waals surface area contributed by atoms with Crippen LogP contribution in [0.3, 0.4) is 0 Å². The molecule has 2 atom stereocenters. The average Bonchev–Trinajstić information content (AvgIpc) is 2.85. The average molecular weight is 293 g/mol. The number of carbonyl (C=O) groups excluding carboxylic acids is 1. The highest BCUT2D eigenvalue weighted by Crippen LogP contribution is 2.33. The van der Waals surface area contributed by atoms with E-state index in [-0.39, 0.29) is 0 Å². The molecule has 3 saturated heterocycles. The van der Waals surface area contributed by atoms with E-state index >= 15 is 0 Å². The number of fused-ring (bicyclic) bond motifs is 2. The van der Waals surface area contributed by atoms with E-state index in [4.69, 9.17) is 0 Å². The fraction of sp³-hybridized carbons (Fsp3) is 0.941. The Hall–Kier alpha value is -0.610. The topological polar surface area (TPSA) is 35.6 Å². The van der Waals surface area contributed by atoms with Crippen molar-refractivity contribution in [3.05, 3.63) is 0 Å². The van der Waals surface area contributed by atoms with Gasteiger partial charge in [-0.15, -0.1) is 0 Å². The Balaban J connectivity index is 1.46. The van der Waals surface area contributed by atoms with Gasteiger partial charge in [0.05, 0.1) is 0 Å². The molecule has 0 radical (unpaired) electrons. The van der Waals surface area contributed by atoms with Crippen LogP contribution in [0.4, 0.5) is 0 Å². The van der Waals surface area contributed by atoms with E-state index in [1.54, 1.807) is 0 Å². The third-order valence-corrected chi connectivity index (χ3v) is 5.98. The molecule has 4 heteroatoms. The van der Waals surface area contributed by atoms with Crippen molar-refractivity contribution in [2.24, 2.45) is 5.92 Å². The van der Waals surface area contributed by atoms with Gasteiger partial charge in [-0.3, -0.25) is 4.79 Å². The zero-order chi connectivity index (χ0) is 14.8. The lowest BCUT2D eigenvalue weighted by molar-refractivity contribution is -0.134. The molecule has 3 heterocycles. The number of hydrogen-bond donors (Lipinski definition) is 1. The van der Waals surface area contributed by atoms with Crippen molar-refractivity contribution >= 4 is 5.91 Å². The monoisotopic (exact) mass is 293 g/mol. The Morgan fingerprint density at radius 1 is 1.14 bits per heavy atom. The van der Waals surface area contributed by atoms with Gasteiger partial charge in [0.25, 0.3) is 0 Å². The van der Waals surface area contributed by atoms with Gasteiger partial charge in [0.1, 0.15) is 0 Å². The number of carbonyl (C=O) groups is 1. The fourth-order valence-corrected chi connectivity index (χ4v) is 4.56. The Morgan fingerprint density at radius 3 is 2.33 bits per heavy atom. The molecule has 3 aliphatic heterocycles. The molecule has 3 fully saturated rings. The first-order valence-corrected chi connectivity index (χ1v) is 8.89. The molecule has 0 aromatic rings. The van der Waals surface area contributed by atoms with Gasteiger partial charge in [0, 0.05) is 44.7 Å². The summed E-state index contributed by atoms with van der Waals surface area (Å²) in [6.07, 6.45) is 8.14. The number of nitrogens with one attached hydrogen (secondary N) is 1. The normalized spacial score (nSPS) is 34.1. The maximum atomic E-state index is 12.6. The first-order chi connectivity index (χ1) is 10.2. The van der Waals surface area contributed by atoms with Crippen LogP contribution in [-0.4, -0.2) is 60.5 Å². The van der Waals surface area contributed by atoms with Crippen LogP contribution in [0.1, 0.15) is 51.9 Å². The Bertz CT molecular complexity index is 353. The summed E-state index contributed by atoms with van der Waals surface area (Å²) >= 11 is 0. The van der Waals surface area contributed by atoms with Crippen LogP contribution in [0, 0.1) is 5.92 Å². The van der Waals surface area contributed by atoms with Crippen LogP contribution in [0.25, 0.3) is 0 Å². The smallest absolute Gasteiger partial charge is 0.222 e. The first kappa shape index (κ1) is 15.3. The third kappa shape index (κ3) is 3.59. The van der Waals surface area contributed by atoms with E-state index in [1.807, 2.05) is 7.05 Å². The van der Waals surface area contributed by atoms with Crippen molar-refractivity contribution in [2.45, 2.75) is 70.0 Å². The van der Waals surface area contributed by atoms with Crippen LogP contribution < -0.4 is 5.32 Å². The Kier molecular flexibility index (Phi) is 4.85. The number of amides is 1. The Morgan fingerprint density at radius 2 is 1.76 bits per heavy atom. The highest BCUT2D eigenvalue weighted by atomic mass is 16.2. The van der Waals surface area contributed by atoms with Crippen molar-refractivity contribution in [3.8, 4) is 0 Å². The van der Waals surface area contributed by atoms with Gasteiger partial charge in [-0.1, -0.05) is 6.92 Å². The second kappa shape index (κ2) is 6.66.